The maximum absolute atomic E-state index is 12.5. The Morgan fingerprint density at radius 2 is 1.94 bits per heavy atom. The highest BCUT2D eigenvalue weighted by atomic mass is 35.5. The summed E-state index contributed by atoms with van der Waals surface area (Å²) in [6, 6.07) is 13.2. The van der Waals surface area contributed by atoms with Crippen molar-refractivity contribution in [3.8, 4) is 11.4 Å². The van der Waals surface area contributed by atoms with E-state index in [1.54, 1.807) is 12.1 Å². The predicted molar refractivity (Wildman–Crippen MR) is 111 cm³/mol. The molecule has 8 nitrogen and oxygen atoms in total. The fourth-order valence-electron chi connectivity index (χ4n) is 3.01. The van der Waals surface area contributed by atoms with Gasteiger partial charge in [0.1, 0.15) is 5.75 Å². The first-order chi connectivity index (χ1) is 14.6. The standard InChI is InChI=1S/C20H19F2N5O3.ClH/c21-20(22)30-16-7-5-15(6-8-16)27-24-11-17(26-27)19(28)25-14-3-1-13(2-4-14)18-12-23-9-10-29-18;/h1-8,11,18,20,23H,9-10,12H2,(H,25,28);1H. The van der Waals surface area contributed by atoms with Crippen molar-refractivity contribution in [1.29, 1.82) is 0 Å². The lowest BCUT2D eigenvalue weighted by Gasteiger charge is -2.24. The number of halogens is 3. The van der Waals surface area contributed by atoms with Crippen LogP contribution >= 0.6 is 12.4 Å². The Kier molecular flexibility index (Phi) is 7.50. The molecule has 0 saturated carbocycles. The third-order valence-corrected chi connectivity index (χ3v) is 4.49. The summed E-state index contributed by atoms with van der Waals surface area (Å²) in [4.78, 5) is 13.7. The van der Waals surface area contributed by atoms with Gasteiger partial charge < -0.3 is 20.1 Å². The number of morpholine rings is 1. The number of rotatable bonds is 6. The first-order valence-electron chi connectivity index (χ1n) is 9.30. The van der Waals surface area contributed by atoms with Crippen LogP contribution in [0.3, 0.4) is 0 Å². The minimum absolute atomic E-state index is 0. The summed E-state index contributed by atoms with van der Waals surface area (Å²) in [6.07, 6.45) is 1.33. The fraction of sp³-hybridized carbons (Fsp3) is 0.250. The molecule has 1 aliphatic rings. The smallest absolute Gasteiger partial charge is 0.387 e. The van der Waals surface area contributed by atoms with Gasteiger partial charge in [0.15, 0.2) is 5.69 Å². The van der Waals surface area contributed by atoms with Crippen molar-refractivity contribution in [2.75, 3.05) is 25.0 Å². The van der Waals surface area contributed by atoms with Crippen LogP contribution in [0.5, 0.6) is 5.75 Å². The molecule has 0 spiro atoms. The molecule has 2 N–H and O–H groups in total. The number of hydrogen-bond acceptors (Lipinski definition) is 6. The Labute approximate surface area is 182 Å². The van der Waals surface area contributed by atoms with Crippen LogP contribution in [0.15, 0.2) is 54.7 Å². The van der Waals surface area contributed by atoms with Gasteiger partial charge in [-0.05, 0) is 42.0 Å². The van der Waals surface area contributed by atoms with Crippen LogP contribution in [0.2, 0.25) is 0 Å². The van der Waals surface area contributed by atoms with E-state index in [1.807, 2.05) is 12.1 Å². The van der Waals surface area contributed by atoms with Gasteiger partial charge in [-0.15, -0.1) is 17.5 Å². The van der Waals surface area contributed by atoms with E-state index in [0.717, 1.165) is 18.7 Å². The zero-order chi connectivity index (χ0) is 20.9. The number of benzene rings is 2. The largest absolute Gasteiger partial charge is 0.435 e. The minimum atomic E-state index is -2.89. The number of nitrogens with zero attached hydrogens (tertiary/aromatic N) is 3. The third-order valence-electron chi connectivity index (χ3n) is 4.49. The van der Waals surface area contributed by atoms with E-state index in [0.29, 0.717) is 18.0 Å². The topological polar surface area (TPSA) is 90.3 Å². The number of hydrogen-bond donors (Lipinski definition) is 2. The summed E-state index contributed by atoms with van der Waals surface area (Å²) in [5.41, 5.74) is 2.27. The van der Waals surface area contributed by atoms with Crippen molar-refractivity contribution < 1.29 is 23.0 Å². The number of ether oxygens (including phenoxy) is 2. The monoisotopic (exact) mass is 451 g/mol. The van der Waals surface area contributed by atoms with Gasteiger partial charge in [-0.1, -0.05) is 12.1 Å². The molecule has 1 saturated heterocycles. The molecule has 4 rings (SSSR count). The molecule has 0 bridgehead atoms. The summed E-state index contributed by atoms with van der Waals surface area (Å²) in [5, 5.41) is 14.2. The summed E-state index contributed by atoms with van der Waals surface area (Å²) >= 11 is 0. The van der Waals surface area contributed by atoms with Gasteiger partial charge in [0.25, 0.3) is 5.91 Å². The molecule has 31 heavy (non-hydrogen) atoms. The molecule has 1 fully saturated rings. The first kappa shape index (κ1) is 22.6. The van der Waals surface area contributed by atoms with Crippen molar-refractivity contribution in [3.05, 3.63) is 66.0 Å². The van der Waals surface area contributed by atoms with E-state index >= 15 is 0 Å². The molecule has 164 valence electrons. The molecule has 0 aliphatic carbocycles. The molecule has 1 aromatic heterocycles. The average Bonchev–Trinajstić information content (AvgIpc) is 3.25. The lowest BCUT2D eigenvalue weighted by molar-refractivity contribution is -0.0498. The second-order valence-corrected chi connectivity index (χ2v) is 6.53. The SMILES string of the molecule is Cl.O=C(Nc1ccc(C2CNCCO2)cc1)c1cnn(-c2ccc(OC(F)F)cc2)n1. The number of carbonyl (C=O) groups is 1. The zero-order valence-electron chi connectivity index (χ0n) is 16.2. The maximum atomic E-state index is 12.5. The zero-order valence-corrected chi connectivity index (χ0v) is 17.0. The van der Waals surface area contributed by atoms with Crippen molar-refractivity contribution in [3.63, 3.8) is 0 Å². The van der Waals surface area contributed by atoms with E-state index in [4.69, 9.17) is 4.74 Å². The summed E-state index contributed by atoms with van der Waals surface area (Å²) in [5.74, 6) is -0.390. The van der Waals surface area contributed by atoms with Crippen molar-refractivity contribution in [2.45, 2.75) is 12.7 Å². The molecule has 2 aromatic carbocycles. The Hall–Kier alpha value is -3.08. The second kappa shape index (κ2) is 10.3. The van der Waals surface area contributed by atoms with Crippen LogP contribution in [0.1, 0.15) is 22.2 Å². The molecule has 1 atom stereocenters. The van der Waals surface area contributed by atoms with E-state index in [2.05, 4.69) is 25.6 Å². The van der Waals surface area contributed by atoms with Crippen LogP contribution in [-0.4, -0.2) is 47.2 Å². The molecule has 11 heteroatoms. The third kappa shape index (κ3) is 5.75. The molecule has 0 radical (unpaired) electrons. The first-order valence-corrected chi connectivity index (χ1v) is 9.30. The quantitative estimate of drug-likeness (QED) is 0.598. The van der Waals surface area contributed by atoms with Gasteiger partial charge in [0.05, 0.1) is 24.6 Å². The Morgan fingerprint density at radius 3 is 2.58 bits per heavy atom. The number of nitrogens with one attached hydrogen (secondary N) is 2. The lowest BCUT2D eigenvalue weighted by Crippen LogP contribution is -2.33. The van der Waals surface area contributed by atoms with Crippen molar-refractivity contribution in [2.24, 2.45) is 0 Å². The number of aromatic nitrogens is 3. The summed E-state index contributed by atoms with van der Waals surface area (Å²) < 4.78 is 34.5. The second-order valence-electron chi connectivity index (χ2n) is 6.53. The van der Waals surface area contributed by atoms with E-state index in [1.165, 1.54) is 35.3 Å². The van der Waals surface area contributed by atoms with Crippen LogP contribution in [0, 0.1) is 0 Å². The molecular formula is C20H20ClF2N5O3. The highest BCUT2D eigenvalue weighted by Gasteiger charge is 2.16. The van der Waals surface area contributed by atoms with E-state index < -0.39 is 12.5 Å². The molecule has 3 aromatic rings. The van der Waals surface area contributed by atoms with Gasteiger partial charge >= 0.3 is 6.61 Å². The van der Waals surface area contributed by atoms with Gasteiger partial charge in [0.2, 0.25) is 0 Å². The summed E-state index contributed by atoms with van der Waals surface area (Å²) in [6.45, 7) is -0.626. The highest BCUT2D eigenvalue weighted by molar-refractivity contribution is 6.02. The highest BCUT2D eigenvalue weighted by Crippen LogP contribution is 2.21. The minimum Gasteiger partial charge on any atom is -0.435 e. The van der Waals surface area contributed by atoms with Crippen LogP contribution in [-0.2, 0) is 4.74 Å². The molecule has 1 amide bonds. The molecule has 1 unspecified atom stereocenters. The van der Waals surface area contributed by atoms with Crippen molar-refractivity contribution >= 4 is 24.0 Å². The van der Waals surface area contributed by atoms with E-state index in [9.17, 15) is 13.6 Å². The number of amides is 1. The molecular weight excluding hydrogens is 432 g/mol. The normalized spacial score (nSPS) is 15.9. The summed E-state index contributed by atoms with van der Waals surface area (Å²) in [7, 11) is 0. The average molecular weight is 452 g/mol. The Morgan fingerprint density at radius 1 is 1.19 bits per heavy atom. The van der Waals surface area contributed by atoms with E-state index in [-0.39, 0.29) is 30.0 Å². The Balaban J connectivity index is 0.00000272. The van der Waals surface area contributed by atoms with Crippen LogP contribution < -0.4 is 15.4 Å². The fourth-order valence-corrected chi connectivity index (χ4v) is 3.01. The Bertz CT molecular complexity index is 993. The lowest BCUT2D eigenvalue weighted by atomic mass is 10.1. The van der Waals surface area contributed by atoms with Gasteiger partial charge in [-0.3, -0.25) is 4.79 Å². The van der Waals surface area contributed by atoms with Crippen LogP contribution in [0.25, 0.3) is 5.69 Å². The van der Waals surface area contributed by atoms with Crippen LogP contribution in [0.4, 0.5) is 14.5 Å². The number of carbonyl (C=O) groups excluding carboxylic acids is 1. The van der Waals surface area contributed by atoms with Crippen molar-refractivity contribution in [1.82, 2.24) is 20.3 Å². The maximum Gasteiger partial charge on any atom is 0.387 e. The molecule has 1 aliphatic heterocycles. The van der Waals surface area contributed by atoms with Gasteiger partial charge in [-0.2, -0.15) is 18.7 Å². The molecule has 2 heterocycles. The number of alkyl halides is 2. The number of anilines is 1. The predicted octanol–water partition coefficient (Wildman–Crippen LogP) is 3.20. The van der Waals surface area contributed by atoms with Gasteiger partial charge in [0, 0.05) is 18.8 Å². The van der Waals surface area contributed by atoms with Gasteiger partial charge in [-0.25, -0.2) is 0 Å².